The third-order valence-corrected chi connectivity index (χ3v) is 3.08. The number of hydrogen-bond donors (Lipinski definition) is 3. The zero-order valence-electron chi connectivity index (χ0n) is 12.7. The Morgan fingerprint density at radius 1 is 0.952 bits per heavy atom. The number of anilines is 2. The quantitative estimate of drug-likeness (QED) is 0.645. The molecule has 5 heteroatoms. The van der Waals surface area contributed by atoms with Gasteiger partial charge >= 0.3 is 0 Å². The third-order valence-electron chi connectivity index (χ3n) is 3.08. The van der Waals surface area contributed by atoms with E-state index in [2.05, 4.69) is 10.6 Å². The number of carbonyl (C=O) groups excluding carboxylic acids is 2. The molecule has 3 N–H and O–H groups in total. The first kappa shape index (κ1) is 17.2. The van der Waals surface area contributed by atoms with Crippen LogP contribution in [-0.2, 0) is 16.0 Å². The normalized spacial score (nSPS) is 10.2. The summed E-state index contributed by atoms with van der Waals surface area (Å²) >= 11 is 0. The molecule has 116 valence electrons. The lowest BCUT2D eigenvalue weighted by Gasteiger charge is -2.12. The van der Waals surface area contributed by atoms with Crippen molar-refractivity contribution in [2.45, 2.75) is 46.0 Å². The number of hydrogen-bond acceptors (Lipinski definition) is 3. The highest BCUT2D eigenvalue weighted by Crippen LogP contribution is 2.24. The van der Waals surface area contributed by atoms with Gasteiger partial charge in [-0.25, -0.2) is 0 Å². The first-order chi connectivity index (χ1) is 10.0. The highest BCUT2D eigenvalue weighted by Gasteiger charge is 2.07. The van der Waals surface area contributed by atoms with Gasteiger partial charge in [0.15, 0.2) is 0 Å². The van der Waals surface area contributed by atoms with Crippen molar-refractivity contribution in [1.29, 1.82) is 0 Å². The van der Waals surface area contributed by atoms with Crippen LogP contribution in [-0.4, -0.2) is 23.5 Å². The standard InChI is InChI=1S/C16H24N2O3/c1-12(20)17-15-9-8-14(7-5-3-4-6-10-19)11-16(15)18-13(2)21/h8-9,11,19H,3-7,10H2,1-2H3,(H,17,20)(H,18,21). The molecule has 1 aromatic carbocycles. The lowest BCUT2D eigenvalue weighted by molar-refractivity contribution is -0.115. The molecule has 0 spiro atoms. The van der Waals surface area contributed by atoms with E-state index in [-0.39, 0.29) is 18.4 Å². The molecule has 0 aliphatic rings. The number of aryl methyl sites for hydroxylation is 1. The van der Waals surface area contributed by atoms with E-state index in [0.29, 0.717) is 11.4 Å². The van der Waals surface area contributed by atoms with Crippen LogP contribution in [0.4, 0.5) is 11.4 Å². The minimum atomic E-state index is -0.168. The molecule has 0 bridgehead atoms. The maximum absolute atomic E-state index is 11.2. The summed E-state index contributed by atoms with van der Waals surface area (Å²) < 4.78 is 0. The van der Waals surface area contributed by atoms with E-state index in [4.69, 9.17) is 5.11 Å². The zero-order chi connectivity index (χ0) is 15.7. The fraction of sp³-hybridized carbons (Fsp3) is 0.500. The maximum atomic E-state index is 11.2. The molecule has 2 amide bonds. The molecule has 0 saturated heterocycles. The Morgan fingerprint density at radius 2 is 1.57 bits per heavy atom. The molecule has 0 atom stereocenters. The molecule has 0 aliphatic heterocycles. The molecule has 0 radical (unpaired) electrons. The number of aliphatic hydroxyl groups is 1. The first-order valence-corrected chi connectivity index (χ1v) is 7.32. The van der Waals surface area contributed by atoms with Crippen LogP contribution in [0.25, 0.3) is 0 Å². The van der Waals surface area contributed by atoms with Crippen LogP contribution in [0.15, 0.2) is 18.2 Å². The van der Waals surface area contributed by atoms with Crippen molar-refractivity contribution < 1.29 is 14.7 Å². The maximum Gasteiger partial charge on any atom is 0.221 e. The molecule has 0 aromatic heterocycles. The van der Waals surface area contributed by atoms with Gasteiger partial charge < -0.3 is 15.7 Å². The molecule has 5 nitrogen and oxygen atoms in total. The van der Waals surface area contributed by atoms with Crippen molar-refractivity contribution in [3.05, 3.63) is 23.8 Å². The molecule has 0 unspecified atom stereocenters. The summed E-state index contributed by atoms with van der Waals surface area (Å²) in [4.78, 5) is 22.4. The number of nitrogens with one attached hydrogen (secondary N) is 2. The SMILES string of the molecule is CC(=O)Nc1ccc(CCCCCCO)cc1NC(C)=O. The lowest BCUT2D eigenvalue weighted by Crippen LogP contribution is -2.12. The number of carbonyl (C=O) groups is 2. The van der Waals surface area contributed by atoms with Gasteiger partial charge in [-0.05, 0) is 37.0 Å². The van der Waals surface area contributed by atoms with Crippen LogP contribution >= 0.6 is 0 Å². The summed E-state index contributed by atoms with van der Waals surface area (Å²) in [5, 5.41) is 14.2. The molecule has 1 aromatic rings. The van der Waals surface area contributed by atoms with Gasteiger partial charge in [-0.2, -0.15) is 0 Å². The lowest BCUT2D eigenvalue weighted by atomic mass is 10.0. The van der Waals surface area contributed by atoms with Gasteiger partial charge in [0.05, 0.1) is 11.4 Å². The summed E-state index contributed by atoms with van der Waals surface area (Å²) in [6, 6.07) is 5.68. The van der Waals surface area contributed by atoms with Crippen molar-refractivity contribution in [2.75, 3.05) is 17.2 Å². The first-order valence-electron chi connectivity index (χ1n) is 7.32. The number of unbranched alkanes of at least 4 members (excludes halogenated alkanes) is 3. The highest BCUT2D eigenvalue weighted by atomic mass is 16.2. The van der Waals surface area contributed by atoms with Crippen molar-refractivity contribution in [1.82, 2.24) is 0 Å². The molecular formula is C16H24N2O3. The zero-order valence-corrected chi connectivity index (χ0v) is 12.7. The molecule has 21 heavy (non-hydrogen) atoms. The number of aliphatic hydroxyl groups excluding tert-OH is 1. The second-order valence-corrected chi connectivity index (χ2v) is 5.13. The Bertz CT molecular complexity index is 486. The van der Waals surface area contributed by atoms with E-state index in [1.165, 1.54) is 13.8 Å². The van der Waals surface area contributed by atoms with Crippen LogP contribution < -0.4 is 10.6 Å². The average Bonchev–Trinajstić information content (AvgIpc) is 2.40. The molecule has 1 rings (SSSR count). The number of rotatable bonds is 8. The van der Waals surface area contributed by atoms with Crippen molar-refractivity contribution in [3.8, 4) is 0 Å². The van der Waals surface area contributed by atoms with Gasteiger partial charge in [-0.15, -0.1) is 0 Å². The predicted molar refractivity (Wildman–Crippen MR) is 84.3 cm³/mol. The van der Waals surface area contributed by atoms with Gasteiger partial charge in [0.2, 0.25) is 11.8 Å². The summed E-state index contributed by atoms with van der Waals surface area (Å²) in [5.74, 6) is -0.333. The van der Waals surface area contributed by atoms with E-state index < -0.39 is 0 Å². The molecule has 0 saturated carbocycles. The second-order valence-electron chi connectivity index (χ2n) is 5.13. The topological polar surface area (TPSA) is 78.4 Å². The molecule has 0 heterocycles. The minimum Gasteiger partial charge on any atom is -0.396 e. The number of benzene rings is 1. The van der Waals surface area contributed by atoms with E-state index in [1.54, 1.807) is 0 Å². The summed E-state index contributed by atoms with van der Waals surface area (Å²) in [7, 11) is 0. The van der Waals surface area contributed by atoms with Crippen molar-refractivity contribution >= 4 is 23.2 Å². The third kappa shape index (κ3) is 6.90. The van der Waals surface area contributed by atoms with E-state index in [0.717, 1.165) is 37.7 Å². The monoisotopic (exact) mass is 292 g/mol. The number of amides is 2. The largest absolute Gasteiger partial charge is 0.396 e. The minimum absolute atomic E-state index is 0.165. The molecular weight excluding hydrogens is 268 g/mol. The van der Waals surface area contributed by atoms with Crippen LogP contribution in [0.3, 0.4) is 0 Å². The van der Waals surface area contributed by atoms with Crippen molar-refractivity contribution in [3.63, 3.8) is 0 Å². The van der Waals surface area contributed by atoms with E-state index in [9.17, 15) is 9.59 Å². The van der Waals surface area contributed by atoms with Crippen LogP contribution in [0, 0.1) is 0 Å². The predicted octanol–water partition coefficient (Wildman–Crippen LogP) is 2.70. The Hall–Kier alpha value is -1.88. The van der Waals surface area contributed by atoms with E-state index >= 15 is 0 Å². The van der Waals surface area contributed by atoms with Gasteiger partial charge in [0.1, 0.15) is 0 Å². The molecule has 0 aliphatic carbocycles. The van der Waals surface area contributed by atoms with E-state index in [1.807, 2.05) is 18.2 Å². The van der Waals surface area contributed by atoms with Gasteiger partial charge in [0.25, 0.3) is 0 Å². The molecule has 0 fully saturated rings. The fourth-order valence-electron chi connectivity index (χ4n) is 2.13. The van der Waals surface area contributed by atoms with Gasteiger partial charge in [-0.1, -0.05) is 18.9 Å². The van der Waals surface area contributed by atoms with Crippen LogP contribution in [0.2, 0.25) is 0 Å². The van der Waals surface area contributed by atoms with Crippen LogP contribution in [0.5, 0.6) is 0 Å². The average molecular weight is 292 g/mol. The smallest absolute Gasteiger partial charge is 0.221 e. The summed E-state index contributed by atoms with van der Waals surface area (Å²) in [6.45, 7) is 3.13. The summed E-state index contributed by atoms with van der Waals surface area (Å²) in [6.07, 6.45) is 4.90. The van der Waals surface area contributed by atoms with Crippen molar-refractivity contribution in [2.24, 2.45) is 0 Å². The van der Waals surface area contributed by atoms with Gasteiger partial charge in [-0.3, -0.25) is 9.59 Å². The Morgan fingerprint density at radius 3 is 2.19 bits per heavy atom. The Labute approximate surface area is 125 Å². The highest BCUT2D eigenvalue weighted by molar-refractivity contribution is 5.98. The Balaban J connectivity index is 2.69. The fourth-order valence-corrected chi connectivity index (χ4v) is 2.13. The second kappa shape index (κ2) is 9.13. The Kier molecular flexibility index (Phi) is 7.46. The van der Waals surface area contributed by atoms with Crippen LogP contribution in [0.1, 0.15) is 45.1 Å². The van der Waals surface area contributed by atoms with Gasteiger partial charge in [0, 0.05) is 20.5 Å². The summed E-state index contributed by atoms with van der Waals surface area (Å²) in [5.41, 5.74) is 2.36.